The van der Waals surface area contributed by atoms with Gasteiger partial charge in [-0.2, -0.15) is 5.10 Å². The first-order chi connectivity index (χ1) is 11.1. The van der Waals surface area contributed by atoms with Gasteiger partial charge in [0.25, 0.3) is 0 Å². The Bertz CT molecular complexity index is 668. The van der Waals surface area contributed by atoms with Crippen LogP contribution in [0.5, 0.6) is 0 Å². The van der Waals surface area contributed by atoms with Crippen LogP contribution in [0.4, 0.5) is 4.39 Å². The summed E-state index contributed by atoms with van der Waals surface area (Å²) in [6.07, 6.45) is 2.34. The van der Waals surface area contributed by atoms with Crippen molar-refractivity contribution < 1.29 is 4.39 Å². The fourth-order valence-corrected chi connectivity index (χ4v) is 2.52. The van der Waals surface area contributed by atoms with Gasteiger partial charge in [0.2, 0.25) is 0 Å². The number of nitrogens with one attached hydrogen (secondary N) is 2. The third-order valence-corrected chi connectivity index (χ3v) is 3.85. The smallest absolute Gasteiger partial charge is 0.191 e. The minimum atomic E-state index is -0.188. The summed E-state index contributed by atoms with van der Waals surface area (Å²) in [6, 6.07) is 6.91. The number of hydrogen-bond donors (Lipinski definition) is 2. The van der Waals surface area contributed by atoms with Crippen molar-refractivity contribution in [3.05, 3.63) is 52.0 Å². The third kappa shape index (κ3) is 5.35. The predicted molar refractivity (Wildman–Crippen MR) is 93.8 cm³/mol. The fraction of sp³-hybridized carbons (Fsp3) is 0.375. The molecule has 0 saturated carbocycles. The van der Waals surface area contributed by atoms with Gasteiger partial charge in [-0.15, -0.1) is 0 Å². The van der Waals surface area contributed by atoms with E-state index in [1.807, 2.05) is 20.0 Å². The number of nitrogens with zero attached hydrogens (tertiary/aromatic N) is 3. The maximum Gasteiger partial charge on any atom is 0.191 e. The number of halogens is 2. The molecule has 0 unspecified atom stereocenters. The van der Waals surface area contributed by atoms with Crippen LogP contribution in [-0.4, -0.2) is 28.8 Å². The summed E-state index contributed by atoms with van der Waals surface area (Å²) in [5.41, 5.74) is 1.70. The normalized spacial score (nSPS) is 11.6. The van der Waals surface area contributed by atoms with E-state index in [2.05, 4.69) is 36.7 Å². The lowest BCUT2D eigenvalue weighted by Gasteiger charge is -2.12. The maximum atomic E-state index is 13.7. The lowest BCUT2D eigenvalue weighted by atomic mass is 10.1. The number of rotatable bonds is 6. The van der Waals surface area contributed by atoms with Crippen LogP contribution in [0.25, 0.3) is 0 Å². The van der Waals surface area contributed by atoms with Crippen molar-refractivity contribution in [2.75, 3.05) is 13.1 Å². The number of aliphatic imine (C=N–C) groups is 1. The molecule has 0 bridgehead atoms. The molecule has 0 fully saturated rings. The molecule has 0 aliphatic carbocycles. The molecule has 1 aromatic carbocycles. The van der Waals surface area contributed by atoms with E-state index in [4.69, 9.17) is 0 Å². The second-order valence-corrected chi connectivity index (χ2v) is 5.97. The van der Waals surface area contributed by atoms with Crippen LogP contribution in [0.15, 0.2) is 39.9 Å². The summed E-state index contributed by atoms with van der Waals surface area (Å²) >= 11 is 3.36. The molecule has 0 atom stereocenters. The zero-order chi connectivity index (χ0) is 16.7. The molecule has 0 saturated heterocycles. The van der Waals surface area contributed by atoms with Gasteiger partial charge in [-0.1, -0.05) is 15.9 Å². The first-order valence-electron chi connectivity index (χ1n) is 7.53. The first-order valence-corrected chi connectivity index (χ1v) is 8.32. The highest BCUT2D eigenvalue weighted by Crippen LogP contribution is 2.15. The lowest BCUT2D eigenvalue weighted by Crippen LogP contribution is -2.38. The average molecular weight is 382 g/mol. The van der Waals surface area contributed by atoms with Crippen molar-refractivity contribution in [2.24, 2.45) is 12.0 Å². The van der Waals surface area contributed by atoms with Gasteiger partial charge in [-0.3, -0.25) is 4.68 Å². The van der Waals surface area contributed by atoms with Crippen LogP contribution in [0, 0.1) is 5.82 Å². The number of hydrogen-bond acceptors (Lipinski definition) is 2. The number of guanidine groups is 1. The quantitative estimate of drug-likeness (QED) is 0.597. The zero-order valence-corrected chi connectivity index (χ0v) is 14.9. The molecular formula is C16H21BrFN5. The van der Waals surface area contributed by atoms with E-state index in [1.54, 1.807) is 23.0 Å². The summed E-state index contributed by atoms with van der Waals surface area (Å²) in [5.74, 6) is 0.524. The molecule has 0 aliphatic rings. The SMILES string of the molecule is CCNC(=NCc1ccnn1C)NCCc1cc(Br)ccc1F. The Balaban J connectivity index is 1.91. The molecule has 7 heteroatoms. The van der Waals surface area contributed by atoms with Gasteiger partial charge in [0.05, 0.1) is 12.2 Å². The maximum absolute atomic E-state index is 13.7. The van der Waals surface area contributed by atoms with Gasteiger partial charge in [0.15, 0.2) is 5.96 Å². The van der Waals surface area contributed by atoms with Crippen LogP contribution in [-0.2, 0) is 20.0 Å². The van der Waals surface area contributed by atoms with Crippen LogP contribution in [0.1, 0.15) is 18.2 Å². The molecule has 2 N–H and O–H groups in total. The van der Waals surface area contributed by atoms with E-state index in [1.165, 1.54) is 6.07 Å². The highest BCUT2D eigenvalue weighted by atomic mass is 79.9. The Hall–Kier alpha value is -1.89. The Morgan fingerprint density at radius 2 is 2.17 bits per heavy atom. The molecule has 124 valence electrons. The largest absolute Gasteiger partial charge is 0.357 e. The minimum absolute atomic E-state index is 0.188. The highest BCUT2D eigenvalue weighted by Gasteiger charge is 2.04. The molecular weight excluding hydrogens is 361 g/mol. The number of aryl methyl sites for hydroxylation is 1. The molecule has 1 aromatic heterocycles. The van der Waals surface area contributed by atoms with Crippen LogP contribution < -0.4 is 10.6 Å². The molecule has 2 rings (SSSR count). The average Bonchev–Trinajstić information content (AvgIpc) is 2.93. The zero-order valence-electron chi connectivity index (χ0n) is 13.3. The van der Waals surface area contributed by atoms with Gasteiger partial charge in [-0.05, 0) is 43.2 Å². The lowest BCUT2D eigenvalue weighted by molar-refractivity contribution is 0.606. The highest BCUT2D eigenvalue weighted by molar-refractivity contribution is 9.10. The molecule has 0 amide bonds. The van der Waals surface area contributed by atoms with E-state index < -0.39 is 0 Å². The monoisotopic (exact) mass is 381 g/mol. The second kappa shape index (κ2) is 8.67. The Kier molecular flexibility index (Phi) is 6.58. The molecule has 2 aromatic rings. The fourth-order valence-electron chi connectivity index (χ4n) is 2.11. The topological polar surface area (TPSA) is 54.2 Å². The van der Waals surface area contributed by atoms with Gasteiger partial charge in [0.1, 0.15) is 5.82 Å². The summed E-state index contributed by atoms with van der Waals surface area (Å²) in [7, 11) is 1.89. The third-order valence-electron chi connectivity index (χ3n) is 3.36. The van der Waals surface area contributed by atoms with E-state index in [0.29, 0.717) is 31.0 Å². The van der Waals surface area contributed by atoms with Gasteiger partial charge in [-0.25, -0.2) is 9.38 Å². The number of benzene rings is 1. The second-order valence-electron chi connectivity index (χ2n) is 5.05. The summed E-state index contributed by atoms with van der Waals surface area (Å²) in [4.78, 5) is 4.52. The molecule has 23 heavy (non-hydrogen) atoms. The van der Waals surface area contributed by atoms with E-state index in [9.17, 15) is 4.39 Å². The molecule has 0 aliphatic heterocycles. The van der Waals surface area contributed by atoms with Crippen molar-refractivity contribution in [2.45, 2.75) is 19.9 Å². The van der Waals surface area contributed by atoms with Gasteiger partial charge in [0, 0.05) is 30.8 Å². The first kappa shape index (κ1) is 17.5. The van der Waals surface area contributed by atoms with Crippen LogP contribution in [0.3, 0.4) is 0 Å². The molecule has 5 nitrogen and oxygen atoms in total. The van der Waals surface area contributed by atoms with Crippen molar-refractivity contribution >= 4 is 21.9 Å². The van der Waals surface area contributed by atoms with Crippen molar-refractivity contribution in [3.63, 3.8) is 0 Å². The molecule has 0 spiro atoms. The number of aromatic nitrogens is 2. The van der Waals surface area contributed by atoms with Crippen molar-refractivity contribution in [1.82, 2.24) is 20.4 Å². The molecule has 0 radical (unpaired) electrons. The van der Waals surface area contributed by atoms with Gasteiger partial charge >= 0.3 is 0 Å². The van der Waals surface area contributed by atoms with Crippen molar-refractivity contribution in [3.8, 4) is 0 Å². The van der Waals surface area contributed by atoms with Crippen molar-refractivity contribution in [1.29, 1.82) is 0 Å². The summed E-state index contributed by atoms with van der Waals surface area (Å²) < 4.78 is 16.4. The summed E-state index contributed by atoms with van der Waals surface area (Å²) in [5, 5.41) is 10.5. The van der Waals surface area contributed by atoms with E-state index in [-0.39, 0.29) is 5.82 Å². The minimum Gasteiger partial charge on any atom is -0.357 e. The standard InChI is InChI=1S/C16H21BrFN5/c1-3-19-16(21-11-14-7-9-22-23(14)2)20-8-6-12-10-13(17)4-5-15(12)18/h4-5,7,9-10H,3,6,8,11H2,1-2H3,(H2,19,20,21). The Morgan fingerprint density at radius 3 is 2.87 bits per heavy atom. The summed E-state index contributed by atoms with van der Waals surface area (Å²) in [6.45, 7) is 3.92. The molecule has 1 heterocycles. The Labute approximate surface area is 144 Å². The van der Waals surface area contributed by atoms with E-state index in [0.717, 1.165) is 16.7 Å². The predicted octanol–water partition coefficient (Wildman–Crippen LogP) is 2.62. The Morgan fingerprint density at radius 1 is 1.35 bits per heavy atom. The van der Waals surface area contributed by atoms with Crippen LogP contribution >= 0.6 is 15.9 Å². The van der Waals surface area contributed by atoms with E-state index >= 15 is 0 Å². The van der Waals surface area contributed by atoms with Gasteiger partial charge < -0.3 is 10.6 Å². The van der Waals surface area contributed by atoms with Crippen LogP contribution in [0.2, 0.25) is 0 Å².